The predicted octanol–water partition coefficient (Wildman–Crippen LogP) is 0.431. The first-order chi connectivity index (χ1) is 8.90. The molecule has 2 heterocycles. The van der Waals surface area contributed by atoms with Crippen molar-refractivity contribution < 1.29 is 15.0 Å². The van der Waals surface area contributed by atoms with Gasteiger partial charge in [-0.05, 0) is 0 Å². The highest BCUT2D eigenvalue weighted by atomic mass is 35.5. The van der Waals surface area contributed by atoms with E-state index in [9.17, 15) is 15.0 Å². The van der Waals surface area contributed by atoms with E-state index in [2.05, 4.69) is 9.97 Å². The Morgan fingerprint density at radius 2 is 2.00 bits per heavy atom. The number of aliphatic hydroxyl groups excluding tert-OH is 2. The van der Waals surface area contributed by atoms with Crippen molar-refractivity contribution in [3.63, 3.8) is 0 Å². The Kier molecular flexibility index (Phi) is 4.03. The summed E-state index contributed by atoms with van der Waals surface area (Å²) in [5.74, 6) is 0.219. The van der Waals surface area contributed by atoms with E-state index in [1.165, 1.54) is 11.1 Å². The van der Waals surface area contributed by atoms with Crippen molar-refractivity contribution >= 4 is 17.5 Å². The minimum absolute atomic E-state index is 0.0807. The van der Waals surface area contributed by atoms with Gasteiger partial charge in [-0.25, -0.2) is 9.97 Å². The molecule has 0 radical (unpaired) electrons. The quantitative estimate of drug-likeness (QED) is 0.823. The molecule has 6 nitrogen and oxygen atoms in total. The van der Waals surface area contributed by atoms with Gasteiger partial charge in [-0.15, -0.1) is 0 Å². The number of hydrogen-bond donors (Lipinski definition) is 2. The van der Waals surface area contributed by atoms with E-state index in [1.54, 1.807) is 0 Å². The van der Waals surface area contributed by atoms with E-state index in [0.29, 0.717) is 5.82 Å². The second-order valence-corrected chi connectivity index (χ2v) is 5.33. The number of nitrogens with zero attached hydrogens (tertiary/aromatic N) is 3. The van der Waals surface area contributed by atoms with E-state index in [-0.39, 0.29) is 29.7 Å². The van der Waals surface area contributed by atoms with Gasteiger partial charge in [0.25, 0.3) is 5.91 Å². The molecule has 1 saturated heterocycles. The first-order valence-electron chi connectivity index (χ1n) is 6.08. The fraction of sp³-hybridized carbons (Fsp3) is 0.583. The van der Waals surface area contributed by atoms with Gasteiger partial charge in [-0.2, -0.15) is 0 Å². The molecule has 0 aromatic carbocycles. The molecule has 0 spiro atoms. The van der Waals surface area contributed by atoms with Gasteiger partial charge in [-0.3, -0.25) is 4.79 Å². The summed E-state index contributed by atoms with van der Waals surface area (Å²) in [5.41, 5.74) is 0.113. The number of aliphatic hydroxyl groups is 2. The highest BCUT2D eigenvalue weighted by Crippen LogP contribution is 2.20. The van der Waals surface area contributed by atoms with Crippen LogP contribution < -0.4 is 0 Å². The summed E-state index contributed by atoms with van der Waals surface area (Å²) in [6, 6.07) is 0. The molecule has 1 aromatic heterocycles. The third-order valence-corrected chi connectivity index (χ3v) is 3.30. The largest absolute Gasteiger partial charge is 0.388 e. The van der Waals surface area contributed by atoms with Crippen LogP contribution in [0.5, 0.6) is 0 Å². The monoisotopic (exact) mass is 285 g/mol. The van der Waals surface area contributed by atoms with Crippen LogP contribution in [-0.4, -0.2) is 56.3 Å². The smallest absolute Gasteiger partial charge is 0.274 e. The lowest BCUT2D eigenvalue weighted by molar-refractivity contribution is 0.0572. The zero-order chi connectivity index (χ0) is 14.2. The van der Waals surface area contributed by atoms with Gasteiger partial charge in [-0.1, -0.05) is 25.4 Å². The SMILES string of the molecule is CC(C)c1ncc(Cl)c(C(=O)N2C[C@@H](O)[C@@H](O)C2)n1. The number of likely N-dealkylation sites (tertiary alicyclic amines) is 1. The number of β-amino-alcohol motifs (C(OH)–C–C–N with tert-alkyl or cyclic N) is 2. The van der Waals surface area contributed by atoms with Gasteiger partial charge in [0.1, 0.15) is 5.82 Å². The molecule has 7 heteroatoms. The van der Waals surface area contributed by atoms with Gasteiger partial charge in [0.2, 0.25) is 0 Å². The number of carbonyl (C=O) groups excluding carboxylic acids is 1. The Morgan fingerprint density at radius 1 is 1.42 bits per heavy atom. The molecular formula is C12H16ClN3O3. The van der Waals surface area contributed by atoms with Crippen LogP contribution in [-0.2, 0) is 0 Å². The van der Waals surface area contributed by atoms with Gasteiger partial charge in [0.05, 0.1) is 23.4 Å². The molecule has 1 aromatic rings. The van der Waals surface area contributed by atoms with Crippen LogP contribution in [0.25, 0.3) is 0 Å². The van der Waals surface area contributed by atoms with E-state index in [0.717, 1.165) is 0 Å². The standard InChI is InChI=1S/C12H16ClN3O3/c1-6(2)11-14-3-7(13)10(15-11)12(19)16-4-8(17)9(18)5-16/h3,6,8-9,17-18H,4-5H2,1-2H3/t8-,9+. The fourth-order valence-electron chi connectivity index (χ4n) is 1.89. The molecule has 1 aliphatic rings. The Morgan fingerprint density at radius 3 is 2.53 bits per heavy atom. The topological polar surface area (TPSA) is 86.6 Å². The lowest BCUT2D eigenvalue weighted by Crippen LogP contribution is -2.31. The molecule has 1 aliphatic heterocycles. The van der Waals surface area contributed by atoms with Gasteiger partial charge in [0, 0.05) is 19.0 Å². The summed E-state index contributed by atoms with van der Waals surface area (Å²) in [6.45, 7) is 4.00. The normalized spacial score (nSPS) is 23.2. The molecule has 0 unspecified atom stereocenters. The van der Waals surface area contributed by atoms with Crippen LogP contribution >= 0.6 is 11.6 Å². The average molecular weight is 286 g/mol. The maximum atomic E-state index is 12.3. The molecule has 2 atom stereocenters. The molecule has 104 valence electrons. The molecule has 0 aliphatic carbocycles. The number of carbonyl (C=O) groups is 1. The van der Waals surface area contributed by atoms with Gasteiger partial charge < -0.3 is 15.1 Å². The van der Waals surface area contributed by atoms with Crippen LogP contribution in [0.4, 0.5) is 0 Å². The predicted molar refractivity (Wildman–Crippen MR) is 69.0 cm³/mol. The van der Waals surface area contributed by atoms with E-state index in [4.69, 9.17) is 11.6 Å². The Balaban J connectivity index is 2.26. The Hall–Kier alpha value is -1.24. The zero-order valence-corrected chi connectivity index (χ0v) is 11.5. The number of aromatic nitrogens is 2. The molecule has 1 amide bonds. The highest BCUT2D eigenvalue weighted by molar-refractivity contribution is 6.33. The average Bonchev–Trinajstić information content (AvgIpc) is 2.69. The van der Waals surface area contributed by atoms with Crippen molar-refractivity contribution in [1.82, 2.24) is 14.9 Å². The number of amides is 1. The minimum atomic E-state index is -0.922. The van der Waals surface area contributed by atoms with Crippen molar-refractivity contribution in [2.75, 3.05) is 13.1 Å². The molecule has 0 saturated carbocycles. The van der Waals surface area contributed by atoms with Crippen LogP contribution in [0.1, 0.15) is 36.1 Å². The van der Waals surface area contributed by atoms with E-state index in [1.807, 2.05) is 13.8 Å². The lowest BCUT2D eigenvalue weighted by Gasteiger charge is -2.16. The number of halogens is 1. The third-order valence-electron chi connectivity index (χ3n) is 3.03. The number of rotatable bonds is 2. The van der Waals surface area contributed by atoms with Gasteiger partial charge >= 0.3 is 0 Å². The van der Waals surface area contributed by atoms with Crippen molar-refractivity contribution in [2.24, 2.45) is 0 Å². The minimum Gasteiger partial charge on any atom is -0.388 e. The Labute approximate surface area is 116 Å². The lowest BCUT2D eigenvalue weighted by atomic mass is 10.2. The number of hydrogen-bond acceptors (Lipinski definition) is 5. The summed E-state index contributed by atoms with van der Waals surface area (Å²) >= 11 is 5.95. The molecule has 19 heavy (non-hydrogen) atoms. The summed E-state index contributed by atoms with van der Waals surface area (Å²) in [5, 5.41) is 19.1. The first-order valence-corrected chi connectivity index (χ1v) is 6.45. The van der Waals surface area contributed by atoms with Crippen molar-refractivity contribution in [3.8, 4) is 0 Å². The molecule has 2 N–H and O–H groups in total. The van der Waals surface area contributed by atoms with Crippen LogP contribution in [0.15, 0.2) is 6.20 Å². The fourth-order valence-corrected chi connectivity index (χ4v) is 2.07. The van der Waals surface area contributed by atoms with Crippen LogP contribution in [0.3, 0.4) is 0 Å². The molecule has 1 fully saturated rings. The van der Waals surface area contributed by atoms with Crippen molar-refractivity contribution in [3.05, 3.63) is 22.7 Å². The summed E-state index contributed by atoms with van der Waals surface area (Å²) in [6.07, 6.45) is -0.441. The summed E-state index contributed by atoms with van der Waals surface area (Å²) < 4.78 is 0. The first kappa shape index (κ1) is 14.2. The van der Waals surface area contributed by atoms with Crippen molar-refractivity contribution in [2.45, 2.75) is 32.0 Å². The molecule has 2 rings (SSSR count). The highest BCUT2D eigenvalue weighted by Gasteiger charge is 2.34. The second-order valence-electron chi connectivity index (χ2n) is 4.92. The Bertz CT molecular complexity index is 485. The van der Waals surface area contributed by atoms with Crippen LogP contribution in [0.2, 0.25) is 5.02 Å². The zero-order valence-electron chi connectivity index (χ0n) is 10.7. The molecule has 0 bridgehead atoms. The molecular weight excluding hydrogens is 270 g/mol. The van der Waals surface area contributed by atoms with Crippen molar-refractivity contribution in [1.29, 1.82) is 0 Å². The summed E-state index contributed by atoms with van der Waals surface area (Å²) in [4.78, 5) is 21.8. The van der Waals surface area contributed by atoms with Crippen LogP contribution in [0, 0.1) is 0 Å². The summed E-state index contributed by atoms with van der Waals surface area (Å²) in [7, 11) is 0. The second kappa shape index (κ2) is 5.40. The third kappa shape index (κ3) is 2.86. The maximum absolute atomic E-state index is 12.3. The van der Waals surface area contributed by atoms with E-state index >= 15 is 0 Å². The van der Waals surface area contributed by atoms with Gasteiger partial charge in [0.15, 0.2) is 5.69 Å². The maximum Gasteiger partial charge on any atom is 0.274 e. The van der Waals surface area contributed by atoms with E-state index < -0.39 is 18.1 Å².